The van der Waals surface area contributed by atoms with Gasteiger partial charge in [0.25, 0.3) is 0 Å². The van der Waals surface area contributed by atoms with Crippen LogP contribution in [0.25, 0.3) is 21.3 Å². The Morgan fingerprint density at radius 2 is 1.96 bits per heavy atom. The maximum Gasteiger partial charge on any atom is 0.139 e. The largest absolute Gasteiger partial charge is 0.369 e. The quantitative estimate of drug-likeness (QED) is 0.506. The third-order valence-corrected chi connectivity index (χ3v) is 5.35. The fourth-order valence-corrected chi connectivity index (χ4v) is 4.28. The first-order valence-electron chi connectivity index (χ1n) is 8.75. The van der Waals surface area contributed by atoms with Gasteiger partial charge in [-0.25, -0.2) is 15.0 Å². The molecule has 0 saturated carbocycles. The Morgan fingerprint density at radius 3 is 2.73 bits per heavy atom. The van der Waals surface area contributed by atoms with Crippen LogP contribution in [0.1, 0.15) is 17.1 Å². The monoisotopic (exact) mass is 363 g/mol. The summed E-state index contributed by atoms with van der Waals surface area (Å²) < 4.78 is 2.09. The predicted octanol–water partition coefficient (Wildman–Crippen LogP) is 4.67. The normalized spacial score (nSPS) is 11.2. The first kappa shape index (κ1) is 16.7. The van der Waals surface area contributed by atoms with Gasteiger partial charge in [0.05, 0.1) is 11.7 Å². The van der Waals surface area contributed by atoms with Crippen molar-refractivity contribution >= 4 is 27.4 Å². The molecule has 0 unspecified atom stereocenters. The summed E-state index contributed by atoms with van der Waals surface area (Å²) in [4.78, 5) is 15.8. The lowest BCUT2D eigenvalue weighted by Gasteiger charge is -2.10. The molecule has 0 fully saturated rings. The van der Waals surface area contributed by atoms with Crippen LogP contribution in [0.5, 0.6) is 0 Å². The molecule has 0 radical (unpaired) electrons. The van der Waals surface area contributed by atoms with Gasteiger partial charge in [0.1, 0.15) is 16.5 Å². The number of aromatic nitrogens is 4. The number of thiophene rings is 1. The predicted molar refractivity (Wildman–Crippen MR) is 108 cm³/mol. The molecule has 0 spiro atoms. The first-order valence-corrected chi connectivity index (χ1v) is 9.57. The molecule has 1 N–H and O–H groups in total. The summed E-state index contributed by atoms with van der Waals surface area (Å²) in [6.45, 7) is 5.90. The summed E-state index contributed by atoms with van der Waals surface area (Å²) in [5.41, 5.74) is 2.45. The number of fused-ring (bicyclic) bond motifs is 1. The van der Waals surface area contributed by atoms with Gasteiger partial charge < -0.3 is 9.88 Å². The molecule has 3 aromatic heterocycles. The van der Waals surface area contributed by atoms with Gasteiger partial charge in [-0.2, -0.15) is 0 Å². The SMILES string of the molecule is Cc1nc(NCCCn2ccnc2)c2c(-c3ccccc3)c(C)sc2n1. The number of nitrogens with zero attached hydrogens (tertiary/aromatic N) is 4. The van der Waals surface area contributed by atoms with E-state index in [4.69, 9.17) is 4.98 Å². The van der Waals surface area contributed by atoms with Crippen LogP contribution in [0.3, 0.4) is 0 Å². The lowest BCUT2D eigenvalue weighted by molar-refractivity contribution is 0.660. The van der Waals surface area contributed by atoms with E-state index in [1.807, 2.05) is 31.7 Å². The van der Waals surface area contributed by atoms with E-state index in [9.17, 15) is 0 Å². The summed E-state index contributed by atoms with van der Waals surface area (Å²) in [5, 5.41) is 4.67. The molecular formula is C20H21N5S. The van der Waals surface area contributed by atoms with Crippen LogP contribution in [-0.4, -0.2) is 26.1 Å². The lowest BCUT2D eigenvalue weighted by Crippen LogP contribution is -2.08. The van der Waals surface area contributed by atoms with Crippen molar-refractivity contribution in [1.29, 1.82) is 0 Å². The summed E-state index contributed by atoms with van der Waals surface area (Å²) in [6.07, 6.45) is 6.65. The van der Waals surface area contributed by atoms with Gasteiger partial charge in [-0.15, -0.1) is 11.3 Å². The maximum atomic E-state index is 4.70. The van der Waals surface area contributed by atoms with Crippen LogP contribution in [0.2, 0.25) is 0 Å². The molecule has 132 valence electrons. The van der Waals surface area contributed by atoms with Crippen LogP contribution >= 0.6 is 11.3 Å². The molecule has 3 heterocycles. The highest BCUT2D eigenvalue weighted by Gasteiger charge is 2.17. The minimum Gasteiger partial charge on any atom is -0.369 e. The van der Waals surface area contributed by atoms with Gasteiger partial charge in [-0.3, -0.25) is 0 Å². The molecular weight excluding hydrogens is 342 g/mol. The highest BCUT2D eigenvalue weighted by Crippen LogP contribution is 2.40. The fourth-order valence-electron chi connectivity index (χ4n) is 3.19. The number of hydrogen-bond donors (Lipinski definition) is 1. The van der Waals surface area contributed by atoms with Crippen molar-refractivity contribution in [3.05, 3.63) is 59.8 Å². The van der Waals surface area contributed by atoms with Gasteiger partial charge in [0, 0.05) is 35.9 Å². The zero-order valence-corrected chi connectivity index (χ0v) is 15.8. The molecule has 26 heavy (non-hydrogen) atoms. The Labute approximate surface area is 156 Å². The number of benzene rings is 1. The van der Waals surface area contributed by atoms with Crippen LogP contribution in [-0.2, 0) is 6.54 Å². The molecule has 0 atom stereocenters. The van der Waals surface area contributed by atoms with Gasteiger partial charge >= 0.3 is 0 Å². The second-order valence-electron chi connectivity index (χ2n) is 6.28. The topological polar surface area (TPSA) is 55.6 Å². The Bertz CT molecular complexity index is 1010. The van der Waals surface area contributed by atoms with Crippen molar-refractivity contribution < 1.29 is 0 Å². The van der Waals surface area contributed by atoms with E-state index in [1.54, 1.807) is 11.3 Å². The second kappa shape index (κ2) is 7.25. The molecule has 0 bridgehead atoms. The Balaban J connectivity index is 1.65. The Kier molecular flexibility index (Phi) is 4.67. The van der Waals surface area contributed by atoms with Crippen molar-refractivity contribution in [2.45, 2.75) is 26.8 Å². The van der Waals surface area contributed by atoms with Crippen LogP contribution in [0, 0.1) is 13.8 Å². The Hall–Kier alpha value is -2.73. The van der Waals surface area contributed by atoms with Gasteiger partial charge in [-0.1, -0.05) is 30.3 Å². The number of anilines is 1. The molecule has 0 saturated heterocycles. The van der Waals surface area contributed by atoms with Crippen LogP contribution in [0.15, 0.2) is 49.1 Å². The molecule has 0 aliphatic carbocycles. The highest BCUT2D eigenvalue weighted by atomic mass is 32.1. The van der Waals surface area contributed by atoms with E-state index < -0.39 is 0 Å². The Morgan fingerprint density at radius 1 is 1.12 bits per heavy atom. The van der Waals surface area contributed by atoms with E-state index in [1.165, 1.54) is 16.0 Å². The standard InChI is InChI=1S/C20H21N5S/c1-14-17(16-7-4-3-5-8-16)18-19(23-15(2)24-20(18)26-14)22-9-6-11-25-12-10-21-13-25/h3-5,7-8,10,12-13H,6,9,11H2,1-2H3,(H,22,23,24). The molecule has 4 rings (SSSR count). The van der Waals surface area contributed by atoms with Crippen molar-refractivity contribution in [2.24, 2.45) is 0 Å². The minimum absolute atomic E-state index is 0.801. The number of nitrogens with one attached hydrogen (secondary N) is 1. The molecule has 4 aromatic rings. The van der Waals surface area contributed by atoms with Crippen molar-refractivity contribution in [3.8, 4) is 11.1 Å². The molecule has 5 nitrogen and oxygen atoms in total. The maximum absolute atomic E-state index is 4.70. The molecule has 1 aromatic carbocycles. The number of hydrogen-bond acceptors (Lipinski definition) is 5. The first-order chi connectivity index (χ1) is 12.7. The van der Waals surface area contributed by atoms with Crippen molar-refractivity contribution in [1.82, 2.24) is 19.5 Å². The van der Waals surface area contributed by atoms with Crippen molar-refractivity contribution in [2.75, 3.05) is 11.9 Å². The zero-order valence-electron chi connectivity index (χ0n) is 14.9. The average molecular weight is 363 g/mol. The molecule has 0 amide bonds. The number of imidazole rings is 1. The number of aryl methyl sites for hydroxylation is 3. The van der Waals surface area contributed by atoms with Crippen molar-refractivity contribution in [3.63, 3.8) is 0 Å². The fraction of sp³-hybridized carbons (Fsp3) is 0.250. The van der Waals surface area contributed by atoms with E-state index >= 15 is 0 Å². The van der Waals surface area contributed by atoms with E-state index in [0.717, 1.165) is 41.4 Å². The molecule has 0 aliphatic rings. The van der Waals surface area contributed by atoms with E-state index in [2.05, 4.69) is 51.0 Å². The third-order valence-electron chi connectivity index (χ3n) is 4.35. The lowest BCUT2D eigenvalue weighted by atomic mass is 10.0. The van der Waals surface area contributed by atoms with Gasteiger partial charge in [0.15, 0.2) is 0 Å². The third kappa shape index (κ3) is 3.32. The van der Waals surface area contributed by atoms with Gasteiger partial charge in [0.2, 0.25) is 0 Å². The molecule has 0 aliphatic heterocycles. The summed E-state index contributed by atoms with van der Waals surface area (Å²) in [7, 11) is 0. The summed E-state index contributed by atoms with van der Waals surface area (Å²) in [6, 6.07) is 10.5. The van der Waals surface area contributed by atoms with Gasteiger partial charge in [-0.05, 0) is 25.8 Å². The summed E-state index contributed by atoms with van der Waals surface area (Å²) in [5.74, 6) is 1.73. The van der Waals surface area contributed by atoms with Crippen LogP contribution < -0.4 is 5.32 Å². The second-order valence-corrected chi connectivity index (χ2v) is 7.48. The van der Waals surface area contributed by atoms with Crippen LogP contribution in [0.4, 0.5) is 5.82 Å². The zero-order chi connectivity index (χ0) is 17.9. The highest BCUT2D eigenvalue weighted by molar-refractivity contribution is 7.19. The van der Waals surface area contributed by atoms with E-state index in [0.29, 0.717) is 0 Å². The number of rotatable bonds is 6. The average Bonchev–Trinajstić information content (AvgIpc) is 3.26. The minimum atomic E-state index is 0.801. The summed E-state index contributed by atoms with van der Waals surface area (Å²) >= 11 is 1.74. The van der Waals surface area contributed by atoms with E-state index in [-0.39, 0.29) is 0 Å². The smallest absolute Gasteiger partial charge is 0.139 e. The molecule has 6 heteroatoms.